The molecule has 2 aromatic rings. The number of hydrogen-bond acceptors (Lipinski definition) is 8. The number of carbonyl (C=O) groups is 2. The van der Waals surface area contributed by atoms with Crippen molar-refractivity contribution in [2.45, 2.75) is 64.6 Å². The molecule has 4 heterocycles. The number of nitrogens with zero attached hydrogens (tertiary/aromatic N) is 3. The standard InChI is InChI=1S/C23H29ClN4O4S/c1-13(21(30)32-23(2,3)4)28-8-5-17-15(20(28)29)11-18(33-17)19-16(24)12-25-22(27-19)26-14-6-9-31-10-7-14/h11-14H,5-10H2,1-4H3,(H,25,26,27). The smallest absolute Gasteiger partial charge is 0.329 e. The Morgan fingerprint density at radius 2 is 2.09 bits per heavy atom. The van der Waals surface area contributed by atoms with Gasteiger partial charge in [-0.1, -0.05) is 11.6 Å². The zero-order chi connectivity index (χ0) is 23.8. The van der Waals surface area contributed by atoms with Crippen molar-refractivity contribution >= 4 is 40.8 Å². The summed E-state index contributed by atoms with van der Waals surface area (Å²) in [6.45, 7) is 9.05. The van der Waals surface area contributed by atoms with Crippen LogP contribution in [0.15, 0.2) is 12.3 Å². The Morgan fingerprint density at radius 3 is 2.79 bits per heavy atom. The van der Waals surface area contributed by atoms with Crippen molar-refractivity contribution in [3.8, 4) is 10.6 Å². The van der Waals surface area contributed by atoms with E-state index in [1.165, 1.54) is 11.3 Å². The maximum absolute atomic E-state index is 13.2. The average Bonchev–Trinajstić information content (AvgIpc) is 3.19. The molecule has 0 radical (unpaired) electrons. The van der Waals surface area contributed by atoms with Crippen LogP contribution in [0, 0.1) is 0 Å². The topological polar surface area (TPSA) is 93.7 Å². The van der Waals surface area contributed by atoms with Crippen LogP contribution < -0.4 is 5.32 Å². The maximum Gasteiger partial charge on any atom is 0.329 e. The van der Waals surface area contributed by atoms with E-state index < -0.39 is 17.6 Å². The van der Waals surface area contributed by atoms with Gasteiger partial charge < -0.3 is 19.7 Å². The Bertz CT molecular complexity index is 1050. The molecule has 0 spiro atoms. The van der Waals surface area contributed by atoms with Crippen LogP contribution in [-0.2, 0) is 20.7 Å². The first-order chi connectivity index (χ1) is 15.6. The third-order valence-electron chi connectivity index (χ3n) is 5.63. The molecule has 178 valence electrons. The highest BCUT2D eigenvalue weighted by Crippen LogP contribution is 2.37. The van der Waals surface area contributed by atoms with Gasteiger partial charge in [0.1, 0.15) is 17.3 Å². The molecular formula is C23H29ClN4O4S. The van der Waals surface area contributed by atoms with Gasteiger partial charge in [0.05, 0.1) is 21.7 Å². The summed E-state index contributed by atoms with van der Waals surface area (Å²) in [6.07, 6.45) is 4.04. The molecule has 0 bridgehead atoms. The Balaban J connectivity index is 1.54. The second-order valence-corrected chi connectivity index (χ2v) is 10.9. The monoisotopic (exact) mass is 492 g/mol. The number of thiophene rings is 1. The summed E-state index contributed by atoms with van der Waals surface area (Å²) >= 11 is 7.94. The molecule has 0 aliphatic carbocycles. The number of esters is 1. The highest BCUT2D eigenvalue weighted by molar-refractivity contribution is 7.16. The summed E-state index contributed by atoms with van der Waals surface area (Å²) in [5.41, 5.74) is 0.579. The van der Waals surface area contributed by atoms with Gasteiger partial charge in [0.15, 0.2) is 0 Å². The number of ether oxygens (including phenoxy) is 2. The van der Waals surface area contributed by atoms with Crippen LogP contribution in [0.5, 0.6) is 0 Å². The van der Waals surface area contributed by atoms with Crippen molar-refractivity contribution in [1.29, 1.82) is 0 Å². The number of carbonyl (C=O) groups excluding carboxylic acids is 2. The number of halogens is 1. The summed E-state index contributed by atoms with van der Waals surface area (Å²) in [5.74, 6) is -0.0700. The lowest BCUT2D eigenvalue weighted by Gasteiger charge is -2.32. The molecule has 2 aliphatic heterocycles. The largest absolute Gasteiger partial charge is 0.458 e. The Hall–Kier alpha value is -2.23. The fourth-order valence-corrected chi connectivity index (χ4v) is 5.30. The van der Waals surface area contributed by atoms with Gasteiger partial charge in [-0.05, 0) is 46.6 Å². The number of nitrogens with one attached hydrogen (secondary N) is 1. The van der Waals surface area contributed by atoms with Crippen LogP contribution in [0.2, 0.25) is 5.02 Å². The number of hydrogen-bond donors (Lipinski definition) is 1. The first-order valence-corrected chi connectivity index (χ1v) is 12.4. The fraction of sp³-hybridized carbons (Fsp3) is 0.565. The zero-order valence-corrected chi connectivity index (χ0v) is 20.9. The SMILES string of the molecule is CC(C(=O)OC(C)(C)C)N1CCc2sc(-c3nc(NC4CCOCC4)ncc3Cl)cc2C1=O. The number of amides is 1. The predicted molar refractivity (Wildman–Crippen MR) is 128 cm³/mol. The molecule has 8 nitrogen and oxygen atoms in total. The minimum atomic E-state index is -0.661. The lowest BCUT2D eigenvalue weighted by molar-refractivity contribution is -0.159. The Kier molecular flexibility index (Phi) is 6.93. The third-order valence-corrected chi connectivity index (χ3v) is 7.11. The van der Waals surface area contributed by atoms with E-state index in [-0.39, 0.29) is 11.9 Å². The van der Waals surface area contributed by atoms with Crippen LogP contribution in [-0.4, -0.2) is 64.2 Å². The molecule has 2 aromatic heterocycles. The van der Waals surface area contributed by atoms with Crippen LogP contribution in [0.3, 0.4) is 0 Å². The highest BCUT2D eigenvalue weighted by atomic mass is 35.5. The molecule has 1 saturated heterocycles. The zero-order valence-electron chi connectivity index (χ0n) is 19.3. The second-order valence-electron chi connectivity index (χ2n) is 9.33. The molecular weight excluding hydrogens is 464 g/mol. The summed E-state index contributed by atoms with van der Waals surface area (Å²) in [5, 5.41) is 3.79. The first-order valence-electron chi connectivity index (χ1n) is 11.2. The van der Waals surface area contributed by atoms with Crippen LogP contribution >= 0.6 is 22.9 Å². The van der Waals surface area contributed by atoms with Crippen LogP contribution in [0.25, 0.3) is 10.6 Å². The van der Waals surface area contributed by atoms with E-state index in [0.29, 0.717) is 35.2 Å². The fourth-order valence-electron chi connectivity index (χ4n) is 3.91. The molecule has 1 fully saturated rings. The number of aromatic nitrogens is 2. The van der Waals surface area contributed by atoms with Crippen molar-refractivity contribution in [3.63, 3.8) is 0 Å². The number of anilines is 1. The van der Waals surface area contributed by atoms with Gasteiger partial charge in [0.25, 0.3) is 5.91 Å². The van der Waals surface area contributed by atoms with Gasteiger partial charge in [0.2, 0.25) is 5.95 Å². The van der Waals surface area contributed by atoms with Crippen molar-refractivity contribution in [2.24, 2.45) is 0 Å². The lowest BCUT2D eigenvalue weighted by Crippen LogP contribution is -2.48. The van der Waals surface area contributed by atoms with E-state index in [4.69, 9.17) is 21.1 Å². The van der Waals surface area contributed by atoms with Crippen LogP contribution in [0.4, 0.5) is 5.95 Å². The normalized spacial score (nSPS) is 18.1. The second kappa shape index (κ2) is 9.56. The molecule has 10 heteroatoms. The molecule has 1 amide bonds. The van der Waals surface area contributed by atoms with Gasteiger partial charge in [-0.2, -0.15) is 0 Å². The van der Waals surface area contributed by atoms with Gasteiger partial charge in [-0.15, -0.1) is 11.3 Å². The predicted octanol–water partition coefficient (Wildman–Crippen LogP) is 4.18. The molecule has 33 heavy (non-hydrogen) atoms. The highest BCUT2D eigenvalue weighted by Gasteiger charge is 2.35. The van der Waals surface area contributed by atoms with E-state index in [1.54, 1.807) is 18.0 Å². The van der Waals surface area contributed by atoms with E-state index in [2.05, 4.69) is 15.3 Å². The van der Waals surface area contributed by atoms with Gasteiger partial charge in [-0.3, -0.25) is 4.79 Å². The minimum Gasteiger partial charge on any atom is -0.458 e. The summed E-state index contributed by atoms with van der Waals surface area (Å²) < 4.78 is 10.9. The van der Waals surface area contributed by atoms with Crippen molar-refractivity contribution in [3.05, 3.63) is 27.7 Å². The molecule has 0 saturated carbocycles. The van der Waals surface area contributed by atoms with Gasteiger partial charge in [-0.25, -0.2) is 14.8 Å². The van der Waals surface area contributed by atoms with Crippen molar-refractivity contribution < 1.29 is 19.1 Å². The van der Waals surface area contributed by atoms with Crippen molar-refractivity contribution in [1.82, 2.24) is 14.9 Å². The quantitative estimate of drug-likeness (QED) is 0.626. The summed E-state index contributed by atoms with van der Waals surface area (Å²) in [7, 11) is 0. The molecule has 1 atom stereocenters. The third kappa shape index (κ3) is 5.47. The first kappa shape index (κ1) is 23.9. The maximum atomic E-state index is 13.2. The van der Waals surface area contributed by atoms with Gasteiger partial charge in [0, 0.05) is 37.1 Å². The summed E-state index contributed by atoms with van der Waals surface area (Å²) in [4.78, 5) is 38.1. The average molecular weight is 493 g/mol. The van der Waals surface area contributed by atoms with E-state index in [0.717, 1.165) is 35.8 Å². The molecule has 1 unspecified atom stereocenters. The minimum absolute atomic E-state index is 0.178. The molecule has 2 aliphatic rings. The van der Waals surface area contributed by atoms with Crippen LogP contribution in [0.1, 0.15) is 55.8 Å². The number of fused-ring (bicyclic) bond motifs is 1. The molecule has 4 rings (SSSR count). The van der Waals surface area contributed by atoms with Gasteiger partial charge >= 0.3 is 5.97 Å². The van der Waals surface area contributed by atoms with Crippen molar-refractivity contribution in [2.75, 3.05) is 25.1 Å². The Morgan fingerprint density at radius 1 is 1.36 bits per heavy atom. The Labute approximate surface area is 202 Å². The molecule has 1 N–H and O–H groups in total. The number of rotatable bonds is 5. The van der Waals surface area contributed by atoms with E-state index >= 15 is 0 Å². The molecule has 0 aromatic carbocycles. The van der Waals surface area contributed by atoms with E-state index in [1.807, 2.05) is 26.8 Å². The summed E-state index contributed by atoms with van der Waals surface area (Å²) in [6, 6.07) is 1.42. The van der Waals surface area contributed by atoms with E-state index in [9.17, 15) is 9.59 Å². The lowest BCUT2D eigenvalue weighted by atomic mass is 10.1.